The SMILES string of the molecule is C=CC(=O)OC1(c2ccccc2)CC(C)N(C)CC1C. The molecular formula is C17H23NO2. The average molecular weight is 273 g/mol. The number of carbonyl (C=O) groups is 1. The van der Waals surface area contributed by atoms with Crippen molar-refractivity contribution in [2.24, 2.45) is 5.92 Å². The van der Waals surface area contributed by atoms with Crippen molar-refractivity contribution in [3.05, 3.63) is 48.6 Å². The van der Waals surface area contributed by atoms with Crippen LogP contribution in [0.5, 0.6) is 0 Å². The first-order valence-electron chi connectivity index (χ1n) is 7.11. The van der Waals surface area contributed by atoms with E-state index in [1.54, 1.807) is 0 Å². The van der Waals surface area contributed by atoms with E-state index < -0.39 is 5.60 Å². The summed E-state index contributed by atoms with van der Waals surface area (Å²) in [7, 11) is 2.12. The second-order valence-corrected chi connectivity index (χ2v) is 5.77. The Balaban J connectivity index is 2.43. The molecular weight excluding hydrogens is 250 g/mol. The van der Waals surface area contributed by atoms with Gasteiger partial charge in [0.2, 0.25) is 0 Å². The van der Waals surface area contributed by atoms with E-state index in [0.29, 0.717) is 6.04 Å². The van der Waals surface area contributed by atoms with E-state index in [1.807, 2.05) is 30.3 Å². The molecule has 3 atom stereocenters. The third-order valence-electron chi connectivity index (χ3n) is 4.42. The summed E-state index contributed by atoms with van der Waals surface area (Å²) in [6.45, 7) is 8.74. The molecule has 3 nitrogen and oxygen atoms in total. The van der Waals surface area contributed by atoms with Crippen molar-refractivity contribution < 1.29 is 9.53 Å². The van der Waals surface area contributed by atoms with Crippen LogP contribution in [0.25, 0.3) is 0 Å². The lowest BCUT2D eigenvalue weighted by molar-refractivity contribution is -0.172. The number of carbonyl (C=O) groups excluding carboxylic acids is 1. The first-order valence-corrected chi connectivity index (χ1v) is 7.11. The highest BCUT2D eigenvalue weighted by Crippen LogP contribution is 2.42. The number of esters is 1. The highest BCUT2D eigenvalue weighted by Gasteiger charge is 2.46. The molecule has 1 heterocycles. The topological polar surface area (TPSA) is 29.5 Å². The van der Waals surface area contributed by atoms with Crippen molar-refractivity contribution in [2.45, 2.75) is 31.9 Å². The van der Waals surface area contributed by atoms with Crippen molar-refractivity contribution >= 4 is 5.97 Å². The summed E-state index contributed by atoms with van der Waals surface area (Å²) < 4.78 is 5.86. The van der Waals surface area contributed by atoms with Crippen LogP contribution in [0.15, 0.2) is 43.0 Å². The normalized spacial score (nSPS) is 30.8. The molecule has 0 bridgehead atoms. The lowest BCUT2D eigenvalue weighted by Gasteiger charge is -2.48. The van der Waals surface area contributed by atoms with Crippen molar-refractivity contribution in [1.82, 2.24) is 4.90 Å². The molecule has 0 amide bonds. The first-order chi connectivity index (χ1) is 9.49. The molecule has 0 aromatic heterocycles. The third kappa shape index (κ3) is 2.63. The van der Waals surface area contributed by atoms with Crippen molar-refractivity contribution in [1.29, 1.82) is 0 Å². The van der Waals surface area contributed by atoms with Crippen LogP contribution < -0.4 is 0 Å². The summed E-state index contributed by atoms with van der Waals surface area (Å²) in [6.07, 6.45) is 2.05. The Bertz CT molecular complexity index is 485. The second-order valence-electron chi connectivity index (χ2n) is 5.77. The molecule has 108 valence electrons. The van der Waals surface area contributed by atoms with Gasteiger partial charge in [-0.15, -0.1) is 0 Å². The van der Waals surface area contributed by atoms with Gasteiger partial charge in [0, 0.05) is 31.0 Å². The van der Waals surface area contributed by atoms with Crippen LogP contribution in [0.1, 0.15) is 25.8 Å². The maximum absolute atomic E-state index is 11.8. The molecule has 1 fully saturated rings. The monoisotopic (exact) mass is 273 g/mol. The quantitative estimate of drug-likeness (QED) is 0.626. The van der Waals surface area contributed by atoms with E-state index in [4.69, 9.17) is 4.74 Å². The van der Waals surface area contributed by atoms with Gasteiger partial charge in [0.05, 0.1) is 0 Å². The number of nitrogens with zero attached hydrogens (tertiary/aromatic N) is 1. The summed E-state index contributed by atoms with van der Waals surface area (Å²) in [5, 5.41) is 0. The fourth-order valence-corrected chi connectivity index (χ4v) is 3.10. The van der Waals surface area contributed by atoms with Gasteiger partial charge in [-0.2, -0.15) is 0 Å². The van der Waals surface area contributed by atoms with Gasteiger partial charge in [-0.05, 0) is 19.5 Å². The molecule has 3 heteroatoms. The number of ether oxygens (including phenoxy) is 1. The van der Waals surface area contributed by atoms with Gasteiger partial charge in [0.1, 0.15) is 5.60 Å². The third-order valence-corrected chi connectivity index (χ3v) is 4.42. The molecule has 20 heavy (non-hydrogen) atoms. The van der Waals surface area contributed by atoms with Gasteiger partial charge in [-0.25, -0.2) is 4.79 Å². The standard InChI is InChI=1S/C17H23NO2/c1-5-16(19)20-17(15-9-7-6-8-10-15)11-14(3)18(4)12-13(17)2/h5-10,13-14H,1,11-12H2,2-4H3. The van der Waals surface area contributed by atoms with Crippen LogP contribution >= 0.6 is 0 Å². The maximum atomic E-state index is 11.8. The molecule has 0 spiro atoms. The minimum absolute atomic E-state index is 0.231. The van der Waals surface area contributed by atoms with E-state index in [-0.39, 0.29) is 11.9 Å². The Hall–Kier alpha value is -1.61. The number of piperidine rings is 1. The van der Waals surface area contributed by atoms with Crippen LogP contribution in [0.3, 0.4) is 0 Å². The molecule has 2 rings (SSSR count). The number of likely N-dealkylation sites (tertiary alicyclic amines) is 1. The molecule has 1 aromatic carbocycles. The molecule has 1 aliphatic heterocycles. The summed E-state index contributed by atoms with van der Waals surface area (Å²) in [4.78, 5) is 14.2. The Morgan fingerprint density at radius 2 is 2.05 bits per heavy atom. The van der Waals surface area contributed by atoms with Crippen molar-refractivity contribution in [3.63, 3.8) is 0 Å². The molecule has 1 aromatic rings. The summed E-state index contributed by atoms with van der Waals surface area (Å²) in [5.74, 6) is -0.118. The summed E-state index contributed by atoms with van der Waals surface area (Å²) in [6, 6.07) is 10.4. The van der Waals surface area contributed by atoms with E-state index in [9.17, 15) is 4.79 Å². The lowest BCUT2D eigenvalue weighted by atomic mass is 9.74. The van der Waals surface area contributed by atoms with Gasteiger partial charge in [-0.1, -0.05) is 43.8 Å². The zero-order valence-electron chi connectivity index (χ0n) is 12.5. The van der Waals surface area contributed by atoms with Gasteiger partial charge < -0.3 is 9.64 Å². The van der Waals surface area contributed by atoms with Gasteiger partial charge >= 0.3 is 5.97 Å². The molecule has 1 aliphatic rings. The summed E-state index contributed by atoms with van der Waals surface area (Å²) >= 11 is 0. The summed E-state index contributed by atoms with van der Waals surface area (Å²) in [5.41, 5.74) is 0.515. The van der Waals surface area contributed by atoms with Crippen LogP contribution in [0.4, 0.5) is 0 Å². The molecule has 1 saturated heterocycles. The van der Waals surface area contributed by atoms with E-state index in [2.05, 4.69) is 32.4 Å². The molecule has 0 aliphatic carbocycles. The lowest BCUT2D eigenvalue weighted by Crippen LogP contribution is -2.53. The largest absolute Gasteiger partial charge is 0.451 e. The number of rotatable bonds is 3. The van der Waals surface area contributed by atoms with Crippen LogP contribution in [0.2, 0.25) is 0 Å². The fourth-order valence-electron chi connectivity index (χ4n) is 3.10. The zero-order valence-corrected chi connectivity index (χ0v) is 12.5. The van der Waals surface area contributed by atoms with E-state index in [1.165, 1.54) is 6.08 Å². The number of benzene rings is 1. The fraction of sp³-hybridized carbons (Fsp3) is 0.471. The van der Waals surface area contributed by atoms with Crippen LogP contribution in [-0.4, -0.2) is 30.5 Å². The minimum Gasteiger partial charge on any atom is -0.451 e. The maximum Gasteiger partial charge on any atom is 0.331 e. The van der Waals surface area contributed by atoms with Crippen molar-refractivity contribution in [2.75, 3.05) is 13.6 Å². The van der Waals surface area contributed by atoms with Gasteiger partial charge in [0.25, 0.3) is 0 Å². The highest BCUT2D eigenvalue weighted by molar-refractivity contribution is 5.81. The van der Waals surface area contributed by atoms with Crippen molar-refractivity contribution in [3.8, 4) is 0 Å². The Labute approximate surface area is 121 Å². The Morgan fingerprint density at radius 1 is 1.40 bits per heavy atom. The zero-order chi connectivity index (χ0) is 14.8. The Morgan fingerprint density at radius 3 is 2.65 bits per heavy atom. The smallest absolute Gasteiger partial charge is 0.331 e. The van der Waals surface area contributed by atoms with Gasteiger partial charge in [0.15, 0.2) is 0 Å². The minimum atomic E-state index is -0.557. The second kappa shape index (κ2) is 5.80. The molecule has 0 saturated carbocycles. The Kier molecular flexibility index (Phi) is 4.29. The first kappa shape index (κ1) is 14.8. The highest BCUT2D eigenvalue weighted by atomic mass is 16.6. The molecule has 0 N–H and O–H groups in total. The predicted octanol–water partition coefficient (Wildman–Crippen LogP) is 2.97. The molecule has 0 radical (unpaired) electrons. The van der Waals surface area contributed by atoms with Crippen LogP contribution in [0, 0.1) is 5.92 Å². The van der Waals surface area contributed by atoms with E-state index in [0.717, 1.165) is 18.5 Å². The van der Waals surface area contributed by atoms with E-state index >= 15 is 0 Å². The van der Waals surface area contributed by atoms with Gasteiger partial charge in [-0.3, -0.25) is 0 Å². The molecule has 3 unspecified atom stereocenters. The number of hydrogen-bond acceptors (Lipinski definition) is 3. The number of hydrogen-bond donors (Lipinski definition) is 0. The van der Waals surface area contributed by atoms with Crippen LogP contribution in [-0.2, 0) is 15.1 Å². The predicted molar refractivity (Wildman–Crippen MR) is 80.3 cm³/mol. The average Bonchev–Trinajstić information content (AvgIpc) is 2.45.